The van der Waals surface area contributed by atoms with Gasteiger partial charge in [-0.25, -0.2) is 0 Å². The summed E-state index contributed by atoms with van der Waals surface area (Å²) in [5.74, 6) is 0.839. The zero-order chi connectivity index (χ0) is 23.1. The van der Waals surface area contributed by atoms with Gasteiger partial charge in [-0.15, -0.1) is 0 Å². The predicted octanol–water partition coefficient (Wildman–Crippen LogP) is 6.85. The smallest absolute Gasteiger partial charge is 0.293 e. The minimum absolute atomic E-state index is 0.0318. The summed E-state index contributed by atoms with van der Waals surface area (Å²) in [6.45, 7) is 8.13. The molecule has 2 aliphatic heterocycles. The minimum atomic E-state index is -4.40. The second-order valence-corrected chi connectivity index (χ2v) is 10.9. The molecule has 32 heavy (non-hydrogen) atoms. The quantitative estimate of drug-likeness (QED) is 0.445. The van der Waals surface area contributed by atoms with Gasteiger partial charge in [0.25, 0.3) is 0 Å². The Labute approximate surface area is 195 Å². The molecule has 1 spiro atoms. The maximum Gasteiger partial charge on any atom is 0.416 e. The van der Waals surface area contributed by atoms with Gasteiger partial charge in [-0.3, -0.25) is 14.8 Å². The van der Waals surface area contributed by atoms with Crippen molar-refractivity contribution in [2.45, 2.75) is 89.9 Å². The maximum atomic E-state index is 13.5. The average Bonchev–Trinajstić information content (AvgIpc) is 2.94. The first-order valence-corrected chi connectivity index (χ1v) is 12.3. The summed E-state index contributed by atoms with van der Waals surface area (Å²) in [6.07, 6.45) is 4.46. The van der Waals surface area contributed by atoms with Crippen LogP contribution in [0.5, 0.6) is 0 Å². The molecule has 176 valence electrons. The van der Waals surface area contributed by atoms with E-state index in [9.17, 15) is 13.2 Å². The molecular weight excluding hydrogens is 431 g/mol. The lowest BCUT2D eigenvalue weighted by molar-refractivity contribution is -0.137. The SMILES string of the molecule is CC(C)(C)N=C1[C@@H](N2CCCCC2)C2(CCCCC2)C(=S)N1c1cccc(C(F)(F)F)c1. The topological polar surface area (TPSA) is 18.8 Å². The van der Waals surface area contributed by atoms with Gasteiger partial charge in [0.1, 0.15) is 5.84 Å². The van der Waals surface area contributed by atoms with E-state index < -0.39 is 11.7 Å². The van der Waals surface area contributed by atoms with E-state index in [-0.39, 0.29) is 17.0 Å². The van der Waals surface area contributed by atoms with E-state index in [0.29, 0.717) is 5.69 Å². The van der Waals surface area contributed by atoms with Crippen LogP contribution in [0.1, 0.15) is 77.7 Å². The second-order valence-electron chi connectivity index (χ2n) is 10.5. The fourth-order valence-corrected chi connectivity index (χ4v) is 6.21. The molecule has 0 aromatic heterocycles. The molecule has 3 nitrogen and oxygen atoms in total. The number of hydrogen-bond donors (Lipinski definition) is 0. The van der Waals surface area contributed by atoms with Crippen molar-refractivity contribution >= 4 is 28.7 Å². The van der Waals surface area contributed by atoms with Crippen molar-refractivity contribution in [2.24, 2.45) is 10.4 Å². The monoisotopic (exact) mass is 465 g/mol. The van der Waals surface area contributed by atoms with Crippen molar-refractivity contribution in [1.82, 2.24) is 4.90 Å². The number of benzene rings is 1. The Morgan fingerprint density at radius 2 is 1.59 bits per heavy atom. The lowest BCUT2D eigenvalue weighted by Gasteiger charge is -2.44. The Morgan fingerprint density at radius 1 is 0.969 bits per heavy atom. The second kappa shape index (κ2) is 8.71. The molecule has 7 heteroatoms. The van der Waals surface area contributed by atoms with Crippen molar-refractivity contribution in [3.8, 4) is 0 Å². The van der Waals surface area contributed by atoms with Crippen molar-refractivity contribution in [2.75, 3.05) is 18.0 Å². The van der Waals surface area contributed by atoms with Gasteiger partial charge in [-0.05, 0) is 77.7 Å². The summed E-state index contributed by atoms with van der Waals surface area (Å²) in [5, 5.41) is 0. The van der Waals surface area contributed by atoms with Gasteiger partial charge in [0.15, 0.2) is 0 Å². The summed E-state index contributed by atoms with van der Waals surface area (Å²) in [4.78, 5) is 10.3. The van der Waals surface area contributed by atoms with Crippen LogP contribution in [-0.4, -0.2) is 40.4 Å². The summed E-state index contributed by atoms with van der Waals surface area (Å²) < 4.78 is 40.6. The molecule has 3 aliphatic rings. The summed E-state index contributed by atoms with van der Waals surface area (Å²) in [5.41, 5.74) is -0.758. The van der Waals surface area contributed by atoms with Crippen LogP contribution in [0.15, 0.2) is 29.3 Å². The van der Waals surface area contributed by atoms with Crippen molar-refractivity contribution in [1.29, 1.82) is 0 Å². The fraction of sp³-hybridized carbons (Fsp3) is 0.680. The van der Waals surface area contributed by atoms with Crippen LogP contribution >= 0.6 is 12.2 Å². The number of thiocarbonyl (C=S) groups is 1. The number of halogens is 3. The lowest BCUT2D eigenvalue weighted by atomic mass is 9.69. The molecule has 0 N–H and O–H groups in total. The number of aliphatic imine (C=N–C) groups is 1. The van der Waals surface area contributed by atoms with E-state index in [2.05, 4.69) is 4.90 Å². The first-order valence-electron chi connectivity index (χ1n) is 11.9. The number of hydrogen-bond acceptors (Lipinski definition) is 3. The number of piperidine rings is 1. The molecule has 0 unspecified atom stereocenters. The Morgan fingerprint density at radius 3 is 2.19 bits per heavy atom. The highest BCUT2D eigenvalue weighted by atomic mass is 32.1. The van der Waals surface area contributed by atoms with Crippen LogP contribution in [0, 0.1) is 5.41 Å². The molecule has 1 aromatic carbocycles. The van der Waals surface area contributed by atoms with Crippen LogP contribution < -0.4 is 4.90 Å². The van der Waals surface area contributed by atoms with E-state index in [1.807, 2.05) is 25.7 Å². The average molecular weight is 466 g/mol. The number of rotatable bonds is 2. The van der Waals surface area contributed by atoms with Gasteiger partial charge in [-0.2, -0.15) is 13.2 Å². The molecule has 0 amide bonds. The fourth-order valence-electron chi connectivity index (χ4n) is 5.70. The number of anilines is 1. The first-order chi connectivity index (χ1) is 15.0. The summed E-state index contributed by atoms with van der Waals surface area (Å²) >= 11 is 6.14. The van der Waals surface area contributed by atoms with Crippen LogP contribution in [0.2, 0.25) is 0 Å². The van der Waals surface area contributed by atoms with Gasteiger partial charge in [0.05, 0.1) is 22.1 Å². The van der Waals surface area contributed by atoms with Gasteiger partial charge >= 0.3 is 6.18 Å². The standard InChI is InChI=1S/C25H34F3N3S/c1-23(2,3)29-21-20(30-15-8-5-9-16-30)24(13-6-4-7-14-24)22(32)31(21)19-12-10-11-18(17-19)25(26,27)28/h10-12,17,20H,4-9,13-16H2,1-3H3/t20-/m1/s1. The Kier molecular flexibility index (Phi) is 6.45. The maximum absolute atomic E-state index is 13.5. The normalized spacial score (nSPS) is 26.3. The van der Waals surface area contributed by atoms with Gasteiger partial charge < -0.3 is 0 Å². The lowest BCUT2D eigenvalue weighted by Crippen LogP contribution is -2.53. The van der Waals surface area contributed by atoms with Crippen molar-refractivity contribution in [3.05, 3.63) is 29.8 Å². The largest absolute Gasteiger partial charge is 0.416 e. The first kappa shape index (κ1) is 23.7. The van der Waals surface area contributed by atoms with Gasteiger partial charge in [0.2, 0.25) is 0 Å². The Hall–Kier alpha value is -1.47. The summed E-state index contributed by atoms with van der Waals surface area (Å²) in [6, 6.07) is 5.62. The Balaban J connectivity index is 1.88. The van der Waals surface area contributed by atoms with E-state index in [4.69, 9.17) is 17.2 Å². The van der Waals surface area contributed by atoms with Crippen molar-refractivity contribution in [3.63, 3.8) is 0 Å². The van der Waals surface area contributed by atoms with Crippen LogP contribution in [0.3, 0.4) is 0 Å². The van der Waals surface area contributed by atoms with Crippen LogP contribution in [0.4, 0.5) is 18.9 Å². The highest BCUT2D eigenvalue weighted by Crippen LogP contribution is 2.51. The molecule has 1 aliphatic carbocycles. The third-order valence-electron chi connectivity index (χ3n) is 7.01. The molecule has 2 heterocycles. The van der Waals surface area contributed by atoms with Crippen LogP contribution in [-0.2, 0) is 6.18 Å². The number of nitrogens with zero attached hydrogens (tertiary/aromatic N) is 3. The third kappa shape index (κ3) is 4.47. The highest BCUT2D eigenvalue weighted by molar-refractivity contribution is 7.80. The molecule has 1 aromatic rings. The number of amidine groups is 1. The molecule has 2 saturated heterocycles. The zero-order valence-electron chi connectivity index (χ0n) is 19.3. The van der Waals surface area contributed by atoms with Gasteiger partial charge in [-0.1, -0.05) is 44.0 Å². The predicted molar refractivity (Wildman–Crippen MR) is 128 cm³/mol. The summed E-state index contributed by atoms with van der Waals surface area (Å²) in [7, 11) is 0. The molecule has 1 saturated carbocycles. The molecule has 0 radical (unpaired) electrons. The number of alkyl halides is 3. The zero-order valence-corrected chi connectivity index (χ0v) is 20.2. The molecule has 1 atom stereocenters. The van der Waals surface area contributed by atoms with E-state index in [1.165, 1.54) is 25.0 Å². The third-order valence-corrected chi connectivity index (χ3v) is 7.60. The number of likely N-dealkylation sites (tertiary alicyclic amines) is 1. The van der Waals surface area contributed by atoms with Crippen molar-refractivity contribution < 1.29 is 13.2 Å². The molecule has 3 fully saturated rings. The highest BCUT2D eigenvalue weighted by Gasteiger charge is 2.57. The van der Waals surface area contributed by atoms with E-state index in [1.54, 1.807) is 6.07 Å². The minimum Gasteiger partial charge on any atom is -0.293 e. The molecule has 4 rings (SSSR count). The molecule has 0 bridgehead atoms. The van der Waals surface area contributed by atoms with Crippen LogP contribution in [0.25, 0.3) is 0 Å². The van der Waals surface area contributed by atoms with Gasteiger partial charge in [0, 0.05) is 11.1 Å². The van der Waals surface area contributed by atoms with E-state index >= 15 is 0 Å². The molecular formula is C25H34F3N3S. The Bertz CT molecular complexity index is 875. The van der Waals surface area contributed by atoms with E-state index in [0.717, 1.165) is 68.5 Å².